The van der Waals surface area contributed by atoms with Crippen molar-refractivity contribution in [1.82, 2.24) is 9.29 Å². The lowest BCUT2D eigenvalue weighted by Gasteiger charge is -2.36. The summed E-state index contributed by atoms with van der Waals surface area (Å²) < 4.78 is 92.2. The molecule has 2 heterocycles. The molecule has 1 aliphatic heterocycles. The van der Waals surface area contributed by atoms with Gasteiger partial charge in [-0.3, -0.25) is 0 Å². The van der Waals surface area contributed by atoms with Gasteiger partial charge < -0.3 is 15.7 Å². The van der Waals surface area contributed by atoms with E-state index in [9.17, 15) is 35.7 Å². The molecule has 3 rings (SSSR count). The van der Waals surface area contributed by atoms with Gasteiger partial charge in [-0.1, -0.05) is 19.1 Å². The quantitative estimate of drug-likeness (QED) is 0.471. The number of halogens is 6. The number of hydrogen-bond acceptors (Lipinski definition) is 5. The summed E-state index contributed by atoms with van der Waals surface area (Å²) >= 11 is 0. The van der Waals surface area contributed by atoms with Gasteiger partial charge in [0.25, 0.3) is 5.60 Å². The van der Waals surface area contributed by atoms with E-state index in [0.717, 1.165) is 18.6 Å². The third-order valence-corrected chi connectivity index (χ3v) is 6.59. The monoisotopic (exact) mass is 522 g/mol. The highest BCUT2D eigenvalue weighted by molar-refractivity contribution is 7.82. The number of nitrogens with two attached hydrogens (primary N) is 1. The second kappa shape index (κ2) is 11.3. The molecule has 1 fully saturated rings. The average molecular weight is 523 g/mol. The van der Waals surface area contributed by atoms with Gasteiger partial charge in [0.05, 0.1) is 4.90 Å². The second-order valence-corrected chi connectivity index (χ2v) is 8.88. The van der Waals surface area contributed by atoms with E-state index in [1.54, 1.807) is 15.3 Å². The summed E-state index contributed by atoms with van der Waals surface area (Å²) in [6.07, 6.45) is -4.84. The van der Waals surface area contributed by atoms with E-state index in [1.165, 1.54) is 12.3 Å². The van der Waals surface area contributed by atoms with Crippen LogP contribution in [0.15, 0.2) is 47.5 Å². The maximum Gasteiger partial charge on any atom is 0.430 e. The summed E-state index contributed by atoms with van der Waals surface area (Å²) in [6.45, 7) is 3.31. The van der Waals surface area contributed by atoms with Crippen molar-refractivity contribution < 1.29 is 35.7 Å². The Kier molecular flexibility index (Phi) is 9.16. The molecule has 6 nitrogen and oxygen atoms in total. The first kappa shape index (κ1) is 28.4. The molecule has 13 heteroatoms. The molecule has 1 saturated heterocycles. The van der Waals surface area contributed by atoms with Crippen molar-refractivity contribution in [3.63, 3.8) is 0 Å². The maximum absolute atomic E-state index is 13.0. The first-order valence-corrected chi connectivity index (χ1v) is 11.4. The molecular weight excluding hydrogens is 498 g/mol. The average Bonchev–Trinajstić information content (AvgIpc) is 2.82. The molecule has 0 bridgehead atoms. The van der Waals surface area contributed by atoms with E-state index in [2.05, 4.69) is 10.9 Å². The minimum Gasteiger partial charge on any atom is -0.384 e. The number of nitrogens with zero attached hydrogens (tertiary/aromatic N) is 3. The lowest BCUT2D eigenvalue weighted by Crippen LogP contribution is -2.53. The van der Waals surface area contributed by atoms with Crippen LogP contribution in [0, 0.1) is 12.3 Å². The molecule has 3 N–H and O–H groups in total. The summed E-state index contributed by atoms with van der Waals surface area (Å²) in [7, 11) is -1.48. The summed E-state index contributed by atoms with van der Waals surface area (Å²) in [5.74, 6) is 2.72. The molecule has 0 spiro atoms. The molecule has 1 aromatic carbocycles. The third-order valence-electron chi connectivity index (χ3n) is 5.11. The molecule has 0 saturated carbocycles. The van der Waals surface area contributed by atoms with Crippen molar-refractivity contribution in [2.45, 2.75) is 36.2 Å². The molecule has 1 atom stereocenters. The molecule has 0 amide bonds. The van der Waals surface area contributed by atoms with Crippen molar-refractivity contribution in [3.8, 4) is 12.3 Å². The number of nitrogen functional groups attached to an aromatic ring is 1. The maximum atomic E-state index is 13.0. The highest BCUT2D eigenvalue weighted by Crippen LogP contribution is 2.50. The fraction of sp³-hybridized carbons (Fsp3) is 0.409. The summed E-state index contributed by atoms with van der Waals surface area (Å²) in [4.78, 5) is 6.09. The van der Waals surface area contributed by atoms with Crippen molar-refractivity contribution in [2.75, 3.05) is 36.8 Å². The number of benzene rings is 1. The number of alkyl halides is 6. The molecule has 35 heavy (non-hydrogen) atoms. The lowest BCUT2D eigenvalue weighted by molar-refractivity contribution is -0.376. The third kappa shape index (κ3) is 6.45. The minimum absolute atomic E-state index is 0.289. The van der Waals surface area contributed by atoms with E-state index >= 15 is 0 Å². The molecule has 1 unspecified atom stereocenters. The lowest BCUT2D eigenvalue weighted by atomic mass is 9.92. The van der Waals surface area contributed by atoms with Crippen molar-refractivity contribution in [2.24, 2.45) is 0 Å². The van der Waals surface area contributed by atoms with Gasteiger partial charge in [0.1, 0.15) is 16.8 Å². The van der Waals surface area contributed by atoms with Gasteiger partial charge in [0.2, 0.25) is 0 Å². The van der Waals surface area contributed by atoms with Gasteiger partial charge in [-0.25, -0.2) is 13.5 Å². The van der Waals surface area contributed by atoms with Crippen LogP contribution >= 0.6 is 0 Å². The topological polar surface area (TPSA) is 82.7 Å². The Labute approximate surface area is 201 Å². The molecule has 192 valence electrons. The predicted octanol–water partition coefficient (Wildman–Crippen LogP) is 3.85. The highest BCUT2D eigenvalue weighted by Gasteiger charge is 2.71. The number of hydrogen-bond donors (Lipinski definition) is 2. The van der Waals surface area contributed by atoms with E-state index in [4.69, 9.17) is 12.2 Å². The summed E-state index contributed by atoms with van der Waals surface area (Å²) in [5, 5.41) is 9.46. The molecule has 1 aromatic heterocycles. The van der Waals surface area contributed by atoms with Crippen LogP contribution in [0.4, 0.5) is 37.8 Å². The van der Waals surface area contributed by atoms with Gasteiger partial charge in [-0.05, 0) is 24.3 Å². The molecule has 0 aliphatic carbocycles. The fourth-order valence-corrected chi connectivity index (χ4v) is 4.28. The van der Waals surface area contributed by atoms with Crippen LogP contribution in [0.25, 0.3) is 0 Å². The van der Waals surface area contributed by atoms with E-state index in [0.29, 0.717) is 48.9 Å². The van der Waals surface area contributed by atoms with Crippen LogP contribution in [0.2, 0.25) is 0 Å². The normalized spacial score (nSPS) is 16.1. The van der Waals surface area contributed by atoms with Crippen molar-refractivity contribution in [1.29, 1.82) is 0 Å². The van der Waals surface area contributed by atoms with Gasteiger partial charge in [0, 0.05) is 50.0 Å². The summed E-state index contributed by atoms with van der Waals surface area (Å²) in [5.41, 5.74) is -0.384. The zero-order chi connectivity index (χ0) is 26.4. The van der Waals surface area contributed by atoms with Crippen LogP contribution in [-0.2, 0) is 16.6 Å². The molecule has 2 aromatic rings. The molecule has 1 aliphatic rings. The van der Waals surface area contributed by atoms with E-state index in [1.807, 2.05) is 6.92 Å². The van der Waals surface area contributed by atoms with Gasteiger partial charge >= 0.3 is 12.4 Å². The first-order chi connectivity index (χ1) is 16.3. The zero-order valence-electron chi connectivity index (χ0n) is 18.6. The SMILES string of the molecule is C#CCC.Nc1ccc(S(=O)N2CCN(c3ccc(C(O)(C(F)(F)F)C(F)(F)F)cc3)CC2)cn1. The van der Waals surface area contributed by atoms with Gasteiger partial charge in [-0.2, -0.15) is 26.3 Å². The standard InChI is InChI=1S/C18H18F6N4O2S.C4H6/c19-17(20,21)16(29,18(22,23)24)12-1-3-13(4-2-12)27-7-9-28(10-8-27)31(30)14-5-6-15(25)26-11-14;1-3-4-2/h1-6,11,29H,7-10H2,(H2,25,26);1H,4H2,2H3. The van der Waals surface area contributed by atoms with Gasteiger partial charge in [-0.15, -0.1) is 12.3 Å². The van der Waals surface area contributed by atoms with Crippen LogP contribution in [-0.4, -0.2) is 57.1 Å². The zero-order valence-corrected chi connectivity index (χ0v) is 19.4. The Bertz CT molecular complexity index is 1010. The van der Waals surface area contributed by atoms with Crippen LogP contribution in [0.1, 0.15) is 18.9 Å². The number of rotatable bonds is 4. The van der Waals surface area contributed by atoms with E-state index in [-0.39, 0.29) is 5.82 Å². The Balaban J connectivity index is 0.00000100. The number of aliphatic hydroxyl groups is 1. The highest BCUT2D eigenvalue weighted by atomic mass is 32.2. The van der Waals surface area contributed by atoms with Crippen LogP contribution < -0.4 is 10.6 Å². The Hall–Kier alpha value is -2.82. The number of aromatic nitrogens is 1. The Morgan fingerprint density at radius 1 is 1.03 bits per heavy atom. The Morgan fingerprint density at radius 2 is 1.54 bits per heavy atom. The number of anilines is 2. The first-order valence-electron chi connectivity index (χ1n) is 10.3. The van der Waals surface area contributed by atoms with Crippen molar-refractivity contribution >= 4 is 22.5 Å². The molecular formula is C22H24F6N4O2S. The van der Waals surface area contributed by atoms with Crippen molar-refractivity contribution in [3.05, 3.63) is 48.2 Å². The van der Waals surface area contributed by atoms with Crippen LogP contribution in [0.3, 0.4) is 0 Å². The minimum atomic E-state index is -5.93. The number of piperazine rings is 1. The van der Waals surface area contributed by atoms with Gasteiger partial charge in [0.15, 0.2) is 0 Å². The van der Waals surface area contributed by atoms with E-state index < -0.39 is 34.5 Å². The largest absolute Gasteiger partial charge is 0.430 e. The second-order valence-electron chi connectivity index (χ2n) is 7.39. The van der Waals surface area contributed by atoms with Crippen LogP contribution in [0.5, 0.6) is 0 Å². The number of terminal acetylenes is 1. The molecule has 0 radical (unpaired) electrons. The fourth-order valence-electron chi connectivity index (χ4n) is 3.16. The summed E-state index contributed by atoms with van der Waals surface area (Å²) in [6, 6.07) is 6.52. The predicted molar refractivity (Wildman–Crippen MR) is 120 cm³/mol. The smallest absolute Gasteiger partial charge is 0.384 e. The number of pyridine rings is 1. The Morgan fingerprint density at radius 3 is 1.94 bits per heavy atom.